The third kappa shape index (κ3) is 4.82. The number of aromatic nitrogens is 2. The van der Waals surface area contributed by atoms with Crippen LogP contribution in [0, 0.1) is 0 Å². The predicted molar refractivity (Wildman–Crippen MR) is 117 cm³/mol. The van der Waals surface area contributed by atoms with E-state index in [1.807, 2.05) is 4.90 Å². The van der Waals surface area contributed by atoms with Crippen molar-refractivity contribution < 1.29 is 27.2 Å². The van der Waals surface area contributed by atoms with Gasteiger partial charge >= 0.3 is 18.0 Å². The Bertz CT molecular complexity index is 1210. The van der Waals surface area contributed by atoms with E-state index in [1.165, 1.54) is 6.07 Å². The number of nitrogens with zero attached hydrogens (tertiary/aromatic N) is 3. The summed E-state index contributed by atoms with van der Waals surface area (Å²) < 4.78 is 43.8. The highest BCUT2D eigenvalue weighted by Crippen LogP contribution is 2.40. The smallest absolute Gasteiger partial charge is 0.417 e. The van der Waals surface area contributed by atoms with Crippen molar-refractivity contribution >= 4 is 34.4 Å². The minimum Gasteiger partial charge on any atom is -0.440 e. The van der Waals surface area contributed by atoms with E-state index < -0.39 is 23.6 Å². The fourth-order valence-corrected chi connectivity index (χ4v) is 3.96. The number of anilines is 2. The largest absolute Gasteiger partial charge is 0.440 e. The zero-order valence-corrected chi connectivity index (χ0v) is 18.1. The maximum atomic E-state index is 12.7. The minimum atomic E-state index is -4.43. The van der Waals surface area contributed by atoms with Crippen LogP contribution in [0.2, 0.25) is 0 Å². The molecule has 2 fully saturated rings. The van der Waals surface area contributed by atoms with Gasteiger partial charge in [0.15, 0.2) is 11.5 Å². The Morgan fingerprint density at radius 1 is 1.03 bits per heavy atom. The van der Waals surface area contributed by atoms with E-state index in [4.69, 9.17) is 4.42 Å². The quantitative estimate of drug-likeness (QED) is 0.559. The van der Waals surface area contributed by atoms with Gasteiger partial charge in [0, 0.05) is 36.9 Å². The Balaban J connectivity index is 1.12. The van der Waals surface area contributed by atoms with Gasteiger partial charge in [-0.05, 0) is 56.0 Å². The van der Waals surface area contributed by atoms with Crippen molar-refractivity contribution in [2.45, 2.75) is 43.8 Å². The molecule has 1 saturated carbocycles. The van der Waals surface area contributed by atoms with Crippen LogP contribution in [-0.2, 0) is 15.8 Å². The molecular formula is C23H22F3N5O3. The molecule has 2 aromatic heterocycles. The molecule has 2 N–H and O–H groups in total. The molecule has 1 aromatic carbocycles. The first-order valence-electron chi connectivity index (χ1n) is 11.1. The van der Waals surface area contributed by atoms with E-state index in [1.54, 1.807) is 18.2 Å². The molecule has 0 spiro atoms. The monoisotopic (exact) mass is 473 g/mol. The summed E-state index contributed by atoms with van der Waals surface area (Å²) in [6.07, 6.45) is -0.403. The van der Waals surface area contributed by atoms with Crippen LogP contribution in [0.3, 0.4) is 0 Å². The van der Waals surface area contributed by atoms with Crippen LogP contribution < -0.4 is 15.5 Å². The standard InChI is InChI=1S/C23H22F3N5O3/c24-23(25,26)14-3-6-19(27-12-14)31-9-7-15(8-10-31)28-20(32)21(33)29-16-4-5-18-17(11-16)30-22(34-18)13-1-2-13/h3-6,11-13,15H,1-2,7-10H2,(H,28,32)(H,29,33). The van der Waals surface area contributed by atoms with Gasteiger partial charge in [-0.1, -0.05) is 0 Å². The number of oxazole rings is 1. The number of carbonyl (C=O) groups is 2. The molecule has 2 aliphatic rings. The lowest BCUT2D eigenvalue weighted by atomic mass is 10.0. The maximum absolute atomic E-state index is 12.7. The first-order valence-corrected chi connectivity index (χ1v) is 11.1. The average Bonchev–Trinajstić information content (AvgIpc) is 3.58. The number of hydrogen-bond acceptors (Lipinski definition) is 6. The highest BCUT2D eigenvalue weighted by molar-refractivity contribution is 6.39. The highest BCUT2D eigenvalue weighted by Gasteiger charge is 2.31. The van der Waals surface area contributed by atoms with Crippen LogP contribution in [0.1, 0.15) is 43.1 Å². The molecule has 0 atom stereocenters. The van der Waals surface area contributed by atoms with Crippen LogP contribution in [-0.4, -0.2) is 40.9 Å². The van der Waals surface area contributed by atoms with Gasteiger partial charge < -0.3 is 20.0 Å². The second-order valence-electron chi connectivity index (χ2n) is 8.60. The molecule has 5 rings (SSSR count). The second kappa shape index (κ2) is 8.62. The van der Waals surface area contributed by atoms with Gasteiger partial charge in [-0.2, -0.15) is 13.2 Å². The van der Waals surface area contributed by atoms with Crippen LogP contribution >= 0.6 is 0 Å². The number of hydrogen-bond donors (Lipinski definition) is 2. The fourth-order valence-electron chi connectivity index (χ4n) is 3.96. The van der Waals surface area contributed by atoms with Gasteiger partial charge in [-0.25, -0.2) is 9.97 Å². The predicted octanol–water partition coefficient (Wildman–Crippen LogP) is 3.84. The third-order valence-corrected chi connectivity index (χ3v) is 6.02. The van der Waals surface area contributed by atoms with Crippen molar-refractivity contribution in [3.05, 3.63) is 48.0 Å². The van der Waals surface area contributed by atoms with E-state index in [2.05, 4.69) is 20.6 Å². The number of piperidine rings is 1. The molecule has 11 heteroatoms. The van der Waals surface area contributed by atoms with E-state index >= 15 is 0 Å². The van der Waals surface area contributed by atoms with Gasteiger partial charge in [0.05, 0.1) is 5.56 Å². The zero-order valence-electron chi connectivity index (χ0n) is 18.1. The molecule has 3 heterocycles. The topological polar surface area (TPSA) is 100 Å². The summed E-state index contributed by atoms with van der Waals surface area (Å²) in [7, 11) is 0. The maximum Gasteiger partial charge on any atom is 0.417 e. The number of fused-ring (bicyclic) bond motifs is 1. The van der Waals surface area contributed by atoms with Crippen LogP contribution in [0.5, 0.6) is 0 Å². The Hall–Kier alpha value is -3.63. The molecule has 0 unspecified atom stereocenters. The number of rotatable bonds is 4. The Morgan fingerprint density at radius 3 is 2.44 bits per heavy atom. The number of benzene rings is 1. The molecule has 8 nitrogen and oxygen atoms in total. The highest BCUT2D eigenvalue weighted by atomic mass is 19.4. The van der Waals surface area contributed by atoms with Crippen LogP contribution in [0.4, 0.5) is 24.7 Å². The van der Waals surface area contributed by atoms with Crippen molar-refractivity contribution in [2.24, 2.45) is 0 Å². The second-order valence-corrected chi connectivity index (χ2v) is 8.60. The summed E-state index contributed by atoms with van der Waals surface area (Å²) in [4.78, 5) is 34.9. The average molecular weight is 473 g/mol. The van der Waals surface area contributed by atoms with Crippen LogP contribution in [0.25, 0.3) is 11.1 Å². The van der Waals surface area contributed by atoms with Crippen molar-refractivity contribution in [3.63, 3.8) is 0 Å². The SMILES string of the molecule is O=C(Nc1ccc2oc(C3CC3)nc2c1)C(=O)NC1CCN(c2ccc(C(F)(F)F)cn2)CC1. The first-order chi connectivity index (χ1) is 16.3. The lowest BCUT2D eigenvalue weighted by molar-refractivity contribution is -0.137. The normalized spacial score (nSPS) is 17.1. The third-order valence-electron chi connectivity index (χ3n) is 6.02. The lowest BCUT2D eigenvalue weighted by Crippen LogP contribution is -2.47. The van der Waals surface area contributed by atoms with E-state index in [0.717, 1.165) is 25.1 Å². The number of halogens is 3. The van der Waals surface area contributed by atoms with Crippen molar-refractivity contribution in [2.75, 3.05) is 23.3 Å². The number of amides is 2. The summed E-state index contributed by atoms with van der Waals surface area (Å²) in [5.41, 5.74) is 0.921. The lowest BCUT2D eigenvalue weighted by Gasteiger charge is -2.33. The van der Waals surface area contributed by atoms with E-state index in [9.17, 15) is 22.8 Å². The summed E-state index contributed by atoms with van der Waals surface area (Å²) >= 11 is 0. The summed E-state index contributed by atoms with van der Waals surface area (Å²) in [5, 5.41) is 5.31. The van der Waals surface area contributed by atoms with Gasteiger partial charge in [0.2, 0.25) is 0 Å². The van der Waals surface area contributed by atoms with Gasteiger partial charge in [0.1, 0.15) is 11.3 Å². The Labute approximate surface area is 192 Å². The number of carbonyl (C=O) groups excluding carboxylic acids is 2. The van der Waals surface area contributed by atoms with Crippen molar-refractivity contribution in [3.8, 4) is 0 Å². The van der Waals surface area contributed by atoms with E-state index in [0.29, 0.717) is 60.3 Å². The first kappa shape index (κ1) is 22.2. The van der Waals surface area contributed by atoms with Gasteiger partial charge in [-0.15, -0.1) is 0 Å². The molecule has 178 valence electrons. The van der Waals surface area contributed by atoms with Crippen molar-refractivity contribution in [1.29, 1.82) is 0 Å². The summed E-state index contributed by atoms with van der Waals surface area (Å²) in [5.74, 6) is -0.00235. The van der Waals surface area contributed by atoms with Crippen molar-refractivity contribution in [1.82, 2.24) is 15.3 Å². The summed E-state index contributed by atoms with van der Waals surface area (Å²) in [6.45, 7) is 0.994. The zero-order chi connectivity index (χ0) is 23.9. The molecule has 1 aliphatic heterocycles. The molecule has 34 heavy (non-hydrogen) atoms. The number of alkyl halides is 3. The minimum absolute atomic E-state index is 0.219. The molecule has 0 radical (unpaired) electrons. The van der Waals surface area contributed by atoms with Gasteiger partial charge in [-0.3, -0.25) is 9.59 Å². The van der Waals surface area contributed by atoms with Gasteiger partial charge in [0.25, 0.3) is 0 Å². The fraction of sp³-hybridized carbons (Fsp3) is 0.391. The molecule has 0 bridgehead atoms. The Kier molecular flexibility index (Phi) is 5.62. The Morgan fingerprint density at radius 2 is 1.79 bits per heavy atom. The number of pyridine rings is 1. The molecule has 1 saturated heterocycles. The molecule has 1 aliphatic carbocycles. The van der Waals surface area contributed by atoms with E-state index in [-0.39, 0.29) is 6.04 Å². The molecule has 3 aromatic rings. The van der Waals surface area contributed by atoms with Crippen LogP contribution in [0.15, 0.2) is 40.9 Å². The summed E-state index contributed by atoms with van der Waals surface area (Å²) in [6, 6.07) is 7.17. The number of nitrogens with one attached hydrogen (secondary N) is 2. The molecular weight excluding hydrogens is 451 g/mol. The molecule has 2 amide bonds.